The van der Waals surface area contributed by atoms with Crippen LogP contribution in [0.2, 0.25) is 6.82 Å². The predicted octanol–water partition coefficient (Wildman–Crippen LogP) is 1.21. The Hall–Kier alpha value is -2.71. The van der Waals surface area contributed by atoms with Crippen LogP contribution in [0.15, 0.2) is 18.5 Å². The Balaban J connectivity index is 1.87. The van der Waals surface area contributed by atoms with E-state index in [0.717, 1.165) is 18.3 Å². The molecule has 1 aliphatic rings. The average molecular weight is 385 g/mol. The van der Waals surface area contributed by atoms with Crippen molar-refractivity contribution in [1.82, 2.24) is 14.5 Å². The summed E-state index contributed by atoms with van der Waals surface area (Å²) in [6.07, 6.45) is 3.10. The Labute approximate surface area is 165 Å². The molecule has 3 heterocycles. The fourth-order valence-corrected chi connectivity index (χ4v) is 3.46. The zero-order chi connectivity index (χ0) is 20.6. The lowest BCUT2D eigenvalue weighted by Crippen LogP contribution is -2.36. The van der Waals surface area contributed by atoms with Gasteiger partial charge in [-0.15, -0.1) is 0 Å². The molecule has 2 aromatic rings. The number of hydrogen-bond donors (Lipinski definition) is 2. The number of carbonyl (C=O) groups is 2. The molecule has 0 unspecified atom stereocenters. The third-order valence-electron chi connectivity index (χ3n) is 4.96. The van der Waals surface area contributed by atoms with Crippen molar-refractivity contribution in [3.8, 4) is 0 Å². The SMILES string of the molecule is CBc1cc2c(N[C@@H]3CN(C(=O)OC(C)(C)C)C[C@@H]3C)c(C(N)=O)cnn2c1. The number of rotatable bonds is 4. The number of fused-ring (bicyclic) bond motifs is 1. The van der Waals surface area contributed by atoms with Crippen molar-refractivity contribution in [2.75, 3.05) is 18.4 Å². The lowest BCUT2D eigenvalue weighted by Gasteiger charge is -2.24. The summed E-state index contributed by atoms with van der Waals surface area (Å²) in [4.78, 5) is 26.1. The maximum Gasteiger partial charge on any atom is 0.410 e. The second-order valence-corrected chi connectivity index (χ2v) is 8.44. The van der Waals surface area contributed by atoms with Gasteiger partial charge in [0, 0.05) is 25.3 Å². The zero-order valence-corrected chi connectivity index (χ0v) is 17.2. The molecule has 0 saturated carbocycles. The number of primary amides is 1. The monoisotopic (exact) mass is 385 g/mol. The first-order valence-electron chi connectivity index (χ1n) is 9.63. The molecule has 1 fully saturated rings. The molecule has 1 aliphatic heterocycles. The molecule has 8 nitrogen and oxygen atoms in total. The van der Waals surface area contributed by atoms with Crippen LogP contribution in [0.5, 0.6) is 0 Å². The highest BCUT2D eigenvalue weighted by Crippen LogP contribution is 2.27. The van der Waals surface area contributed by atoms with Crippen LogP contribution in [-0.2, 0) is 4.74 Å². The minimum atomic E-state index is -0.537. The van der Waals surface area contributed by atoms with Crippen LogP contribution < -0.4 is 16.5 Å². The van der Waals surface area contributed by atoms with Gasteiger partial charge in [0.05, 0.1) is 23.0 Å². The molecule has 0 bridgehead atoms. The van der Waals surface area contributed by atoms with Gasteiger partial charge in [0.1, 0.15) is 5.60 Å². The zero-order valence-electron chi connectivity index (χ0n) is 17.2. The maximum atomic E-state index is 12.4. The number of amides is 2. The topological polar surface area (TPSA) is 102 Å². The van der Waals surface area contributed by atoms with E-state index in [4.69, 9.17) is 10.5 Å². The smallest absolute Gasteiger partial charge is 0.410 e. The molecule has 3 N–H and O–H groups in total. The number of aromatic nitrogens is 2. The molecule has 0 aliphatic carbocycles. The Morgan fingerprint density at radius 2 is 2.07 bits per heavy atom. The molecule has 28 heavy (non-hydrogen) atoms. The second kappa shape index (κ2) is 7.37. The van der Waals surface area contributed by atoms with Crippen molar-refractivity contribution in [3.63, 3.8) is 0 Å². The van der Waals surface area contributed by atoms with Crippen molar-refractivity contribution < 1.29 is 14.3 Å². The molecule has 3 rings (SSSR count). The maximum absolute atomic E-state index is 12.4. The molecule has 2 amide bonds. The van der Waals surface area contributed by atoms with Gasteiger partial charge < -0.3 is 20.7 Å². The first-order chi connectivity index (χ1) is 13.1. The summed E-state index contributed by atoms with van der Waals surface area (Å²) in [5.41, 5.74) is 7.97. The van der Waals surface area contributed by atoms with Crippen LogP contribution in [0.1, 0.15) is 38.1 Å². The van der Waals surface area contributed by atoms with Crippen molar-refractivity contribution >= 4 is 35.9 Å². The van der Waals surface area contributed by atoms with Gasteiger partial charge in [0.25, 0.3) is 5.91 Å². The van der Waals surface area contributed by atoms with Gasteiger partial charge in [0.2, 0.25) is 0 Å². The fraction of sp³-hybridized carbons (Fsp3) is 0.526. The standard InChI is InChI=1S/C19H28BN5O3/c1-11-8-24(18(27)28-19(2,3)4)10-14(11)23-16-13(17(21)26)7-22-25-9-12(20-5)6-15(16)25/h6-7,9,11,14,20,23H,8,10H2,1-5H3,(H2,21,26)/t11-,14+/m0/s1. The van der Waals surface area contributed by atoms with E-state index in [1.807, 2.05) is 33.0 Å². The highest BCUT2D eigenvalue weighted by molar-refractivity contribution is 6.52. The largest absolute Gasteiger partial charge is 0.444 e. The average Bonchev–Trinajstić information content (AvgIpc) is 3.17. The highest BCUT2D eigenvalue weighted by atomic mass is 16.6. The van der Waals surface area contributed by atoms with Crippen molar-refractivity contribution in [2.45, 2.75) is 46.2 Å². The van der Waals surface area contributed by atoms with E-state index >= 15 is 0 Å². The van der Waals surface area contributed by atoms with E-state index in [9.17, 15) is 9.59 Å². The summed E-state index contributed by atoms with van der Waals surface area (Å²) >= 11 is 0. The molecule has 150 valence electrons. The molecule has 0 radical (unpaired) electrons. The van der Waals surface area contributed by atoms with Crippen LogP contribution in [0, 0.1) is 5.92 Å². The van der Waals surface area contributed by atoms with Crippen LogP contribution >= 0.6 is 0 Å². The number of likely N-dealkylation sites (tertiary alicyclic amines) is 1. The van der Waals surface area contributed by atoms with Gasteiger partial charge in [-0.3, -0.25) is 4.79 Å². The van der Waals surface area contributed by atoms with E-state index < -0.39 is 11.5 Å². The molecule has 2 aromatic heterocycles. The minimum Gasteiger partial charge on any atom is -0.444 e. The number of carbonyl (C=O) groups excluding carboxylic acids is 2. The molecule has 0 aromatic carbocycles. The van der Waals surface area contributed by atoms with Crippen molar-refractivity contribution in [3.05, 3.63) is 24.0 Å². The van der Waals surface area contributed by atoms with Crippen LogP contribution in [-0.4, -0.2) is 58.5 Å². The number of nitrogens with one attached hydrogen (secondary N) is 1. The van der Waals surface area contributed by atoms with Gasteiger partial charge in [-0.2, -0.15) is 5.10 Å². The van der Waals surface area contributed by atoms with Crippen molar-refractivity contribution in [1.29, 1.82) is 0 Å². The normalized spacial score (nSPS) is 19.7. The van der Waals surface area contributed by atoms with Crippen molar-refractivity contribution in [2.24, 2.45) is 11.7 Å². The fourth-order valence-electron chi connectivity index (χ4n) is 3.46. The summed E-state index contributed by atoms with van der Waals surface area (Å²) in [6, 6.07) is 1.98. The van der Waals surface area contributed by atoms with E-state index in [-0.39, 0.29) is 18.1 Å². The number of nitrogens with two attached hydrogens (primary N) is 1. The molecule has 2 atom stereocenters. The molecule has 0 spiro atoms. The predicted molar refractivity (Wildman–Crippen MR) is 111 cm³/mol. The summed E-state index contributed by atoms with van der Waals surface area (Å²) in [7, 11) is 0.862. The second-order valence-electron chi connectivity index (χ2n) is 8.44. The number of nitrogens with zero attached hydrogens (tertiary/aromatic N) is 3. The van der Waals surface area contributed by atoms with E-state index in [1.165, 1.54) is 6.20 Å². The Morgan fingerprint density at radius 3 is 2.68 bits per heavy atom. The Kier molecular flexibility index (Phi) is 5.27. The first-order valence-corrected chi connectivity index (χ1v) is 9.63. The lowest BCUT2D eigenvalue weighted by molar-refractivity contribution is 0.0288. The number of anilines is 1. The summed E-state index contributed by atoms with van der Waals surface area (Å²) in [5.74, 6) is -0.353. The Bertz CT molecular complexity index is 905. The first kappa shape index (κ1) is 20.0. The highest BCUT2D eigenvalue weighted by Gasteiger charge is 2.35. The van der Waals surface area contributed by atoms with E-state index in [2.05, 4.69) is 24.2 Å². The van der Waals surface area contributed by atoms with Crippen LogP contribution in [0.4, 0.5) is 10.5 Å². The summed E-state index contributed by atoms with van der Waals surface area (Å²) in [5, 5.41) is 7.76. The van der Waals surface area contributed by atoms with Gasteiger partial charge in [-0.25, -0.2) is 9.31 Å². The summed E-state index contributed by atoms with van der Waals surface area (Å²) in [6.45, 7) is 10.8. The molecule has 9 heteroatoms. The minimum absolute atomic E-state index is 0.0307. The Morgan fingerprint density at radius 1 is 1.36 bits per heavy atom. The lowest BCUT2D eigenvalue weighted by atomic mass is 9.75. The third kappa shape index (κ3) is 4.08. The molecular weight excluding hydrogens is 357 g/mol. The van der Waals surface area contributed by atoms with E-state index in [0.29, 0.717) is 24.3 Å². The third-order valence-corrected chi connectivity index (χ3v) is 4.96. The number of ether oxygens (including phenoxy) is 1. The van der Waals surface area contributed by atoms with Gasteiger partial charge >= 0.3 is 6.09 Å². The van der Waals surface area contributed by atoms with Gasteiger partial charge in [0.15, 0.2) is 7.28 Å². The summed E-state index contributed by atoms with van der Waals surface area (Å²) < 4.78 is 7.24. The number of hydrogen-bond acceptors (Lipinski definition) is 5. The van der Waals surface area contributed by atoms with Crippen LogP contribution in [0.3, 0.4) is 0 Å². The molecular formula is C19H28BN5O3. The van der Waals surface area contributed by atoms with Gasteiger partial charge in [-0.05, 0) is 32.8 Å². The van der Waals surface area contributed by atoms with Gasteiger partial charge in [-0.1, -0.05) is 19.2 Å². The quantitative estimate of drug-likeness (QED) is 0.771. The van der Waals surface area contributed by atoms with Crippen LogP contribution in [0.25, 0.3) is 5.52 Å². The molecule has 1 saturated heterocycles. The van der Waals surface area contributed by atoms with E-state index in [1.54, 1.807) is 9.42 Å².